The molecule has 1 aromatic heterocycles. The quantitative estimate of drug-likeness (QED) is 0.752. The summed E-state index contributed by atoms with van der Waals surface area (Å²) < 4.78 is 2.02. The standard InChI is InChI=1S/C14H16ClNO/c1-4-10-7-6-8-11-12(9(3)17)14(15)16(5-2)13(10)11/h6-8H,4-5H2,1-3H3. The molecule has 0 aliphatic carbocycles. The van der Waals surface area contributed by atoms with E-state index in [2.05, 4.69) is 13.0 Å². The minimum atomic E-state index is 0.0282. The van der Waals surface area contributed by atoms with Gasteiger partial charge in [-0.3, -0.25) is 4.79 Å². The van der Waals surface area contributed by atoms with Gasteiger partial charge in [0.1, 0.15) is 5.15 Å². The number of rotatable bonds is 3. The van der Waals surface area contributed by atoms with Gasteiger partial charge in [0.05, 0.1) is 11.1 Å². The van der Waals surface area contributed by atoms with E-state index in [4.69, 9.17) is 11.6 Å². The van der Waals surface area contributed by atoms with Crippen molar-refractivity contribution in [2.75, 3.05) is 0 Å². The Morgan fingerprint density at radius 3 is 2.59 bits per heavy atom. The molecule has 0 radical (unpaired) electrons. The Balaban J connectivity index is 2.95. The van der Waals surface area contributed by atoms with Crippen molar-refractivity contribution in [1.29, 1.82) is 0 Å². The Bertz CT molecular complexity index is 583. The van der Waals surface area contributed by atoms with Gasteiger partial charge in [-0.15, -0.1) is 0 Å². The van der Waals surface area contributed by atoms with E-state index >= 15 is 0 Å². The fraction of sp³-hybridized carbons (Fsp3) is 0.357. The summed E-state index contributed by atoms with van der Waals surface area (Å²) in [5, 5.41) is 1.54. The molecule has 0 bridgehead atoms. The molecular formula is C14H16ClNO. The lowest BCUT2D eigenvalue weighted by molar-refractivity contribution is 0.101. The number of carbonyl (C=O) groups is 1. The summed E-state index contributed by atoms with van der Waals surface area (Å²) in [6.45, 7) is 6.50. The van der Waals surface area contributed by atoms with Gasteiger partial charge in [0.15, 0.2) is 5.78 Å². The SMILES string of the molecule is CCc1cccc2c(C(C)=O)c(Cl)n(CC)c12. The molecule has 0 N–H and O–H groups in total. The number of halogens is 1. The van der Waals surface area contributed by atoms with Crippen LogP contribution in [0.5, 0.6) is 0 Å². The van der Waals surface area contributed by atoms with Crippen LogP contribution >= 0.6 is 11.6 Å². The lowest BCUT2D eigenvalue weighted by Crippen LogP contribution is -1.97. The first kappa shape index (κ1) is 12.2. The molecule has 1 heterocycles. The van der Waals surface area contributed by atoms with E-state index in [9.17, 15) is 4.79 Å². The molecule has 0 amide bonds. The van der Waals surface area contributed by atoms with Crippen molar-refractivity contribution < 1.29 is 4.79 Å². The predicted octanol–water partition coefficient (Wildman–Crippen LogP) is 4.08. The van der Waals surface area contributed by atoms with Crippen LogP contribution in [-0.4, -0.2) is 10.4 Å². The number of Topliss-reactive ketones (excluding diaryl/α,β-unsaturated/α-hetero) is 1. The van der Waals surface area contributed by atoms with Crippen LogP contribution < -0.4 is 0 Å². The van der Waals surface area contributed by atoms with Gasteiger partial charge in [-0.1, -0.05) is 36.7 Å². The molecule has 0 spiro atoms. The van der Waals surface area contributed by atoms with E-state index in [-0.39, 0.29) is 5.78 Å². The summed E-state index contributed by atoms with van der Waals surface area (Å²) in [5.74, 6) is 0.0282. The highest BCUT2D eigenvalue weighted by Gasteiger charge is 2.19. The summed E-state index contributed by atoms with van der Waals surface area (Å²) >= 11 is 6.32. The third-order valence-electron chi connectivity index (χ3n) is 3.15. The maximum absolute atomic E-state index is 11.7. The molecule has 0 aliphatic heterocycles. The molecule has 0 fully saturated rings. The number of aromatic nitrogens is 1. The maximum Gasteiger partial charge on any atom is 0.163 e. The Morgan fingerprint density at radius 1 is 1.35 bits per heavy atom. The fourth-order valence-corrected chi connectivity index (χ4v) is 2.81. The normalized spacial score (nSPS) is 11.1. The van der Waals surface area contributed by atoms with Gasteiger partial charge in [-0.2, -0.15) is 0 Å². The molecule has 0 atom stereocenters. The Kier molecular flexibility index (Phi) is 3.25. The fourth-order valence-electron chi connectivity index (χ4n) is 2.37. The lowest BCUT2D eigenvalue weighted by Gasteiger charge is -2.06. The Labute approximate surface area is 106 Å². The minimum Gasteiger partial charge on any atom is -0.331 e. The van der Waals surface area contributed by atoms with Gasteiger partial charge in [-0.25, -0.2) is 0 Å². The van der Waals surface area contributed by atoms with Gasteiger partial charge in [-0.05, 0) is 25.8 Å². The first-order chi connectivity index (χ1) is 8.11. The number of aryl methyl sites for hydroxylation is 2. The highest BCUT2D eigenvalue weighted by atomic mass is 35.5. The second-order valence-electron chi connectivity index (χ2n) is 4.13. The molecule has 3 heteroatoms. The molecule has 0 unspecified atom stereocenters. The highest BCUT2D eigenvalue weighted by molar-refractivity contribution is 6.35. The van der Waals surface area contributed by atoms with E-state index in [1.807, 2.05) is 23.6 Å². The number of fused-ring (bicyclic) bond motifs is 1. The number of ketones is 1. The van der Waals surface area contributed by atoms with Gasteiger partial charge < -0.3 is 4.57 Å². The van der Waals surface area contributed by atoms with E-state index in [1.54, 1.807) is 6.92 Å². The van der Waals surface area contributed by atoms with Crippen LogP contribution in [-0.2, 0) is 13.0 Å². The van der Waals surface area contributed by atoms with Crippen molar-refractivity contribution >= 4 is 28.3 Å². The molecule has 90 valence electrons. The van der Waals surface area contributed by atoms with Crippen molar-refractivity contribution in [2.45, 2.75) is 33.7 Å². The summed E-state index contributed by atoms with van der Waals surface area (Å²) in [7, 11) is 0. The molecule has 17 heavy (non-hydrogen) atoms. The summed E-state index contributed by atoms with van der Waals surface area (Å²) in [5.41, 5.74) is 2.99. The number of carbonyl (C=O) groups excluding carboxylic acids is 1. The van der Waals surface area contributed by atoms with Crippen LogP contribution in [0.4, 0.5) is 0 Å². The van der Waals surface area contributed by atoms with Crippen LogP contribution in [0.3, 0.4) is 0 Å². The molecule has 0 aliphatic rings. The highest BCUT2D eigenvalue weighted by Crippen LogP contribution is 2.32. The average Bonchev–Trinajstić information content (AvgIpc) is 2.60. The summed E-state index contributed by atoms with van der Waals surface area (Å²) in [4.78, 5) is 11.7. The number of benzene rings is 1. The van der Waals surface area contributed by atoms with Gasteiger partial charge in [0.25, 0.3) is 0 Å². The topological polar surface area (TPSA) is 22.0 Å². The van der Waals surface area contributed by atoms with Crippen molar-refractivity contribution in [3.63, 3.8) is 0 Å². The molecule has 0 saturated heterocycles. The van der Waals surface area contributed by atoms with Gasteiger partial charge >= 0.3 is 0 Å². The monoisotopic (exact) mass is 249 g/mol. The zero-order chi connectivity index (χ0) is 12.6. The van der Waals surface area contributed by atoms with Crippen molar-refractivity contribution in [3.05, 3.63) is 34.5 Å². The molecule has 2 rings (SSSR count). The number of hydrogen-bond donors (Lipinski definition) is 0. The Morgan fingerprint density at radius 2 is 2.06 bits per heavy atom. The molecule has 1 aromatic carbocycles. The Hall–Kier alpha value is -1.28. The third kappa shape index (κ3) is 1.77. The van der Waals surface area contributed by atoms with Crippen LogP contribution in [0.25, 0.3) is 10.9 Å². The predicted molar refractivity (Wildman–Crippen MR) is 72.0 cm³/mol. The third-order valence-corrected chi connectivity index (χ3v) is 3.54. The van der Waals surface area contributed by atoms with Crippen molar-refractivity contribution in [2.24, 2.45) is 0 Å². The summed E-state index contributed by atoms with van der Waals surface area (Å²) in [6, 6.07) is 6.06. The first-order valence-electron chi connectivity index (χ1n) is 5.92. The van der Waals surface area contributed by atoms with Crippen molar-refractivity contribution in [3.8, 4) is 0 Å². The van der Waals surface area contributed by atoms with E-state index < -0.39 is 0 Å². The van der Waals surface area contributed by atoms with E-state index in [0.717, 1.165) is 23.9 Å². The van der Waals surface area contributed by atoms with E-state index in [0.29, 0.717) is 10.7 Å². The minimum absolute atomic E-state index is 0.0282. The molecule has 2 nitrogen and oxygen atoms in total. The number of para-hydroxylation sites is 1. The van der Waals surface area contributed by atoms with Crippen LogP contribution in [0.1, 0.15) is 36.7 Å². The number of hydrogen-bond acceptors (Lipinski definition) is 1. The zero-order valence-electron chi connectivity index (χ0n) is 10.4. The van der Waals surface area contributed by atoms with E-state index in [1.165, 1.54) is 5.56 Å². The second kappa shape index (κ2) is 4.53. The largest absolute Gasteiger partial charge is 0.331 e. The zero-order valence-corrected chi connectivity index (χ0v) is 11.1. The first-order valence-corrected chi connectivity index (χ1v) is 6.30. The average molecular weight is 250 g/mol. The van der Waals surface area contributed by atoms with Gasteiger partial charge in [0, 0.05) is 11.9 Å². The number of nitrogens with zero attached hydrogens (tertiary/aromatic N) is 1. The smallest absolute Gasteiger partial charge is 0.163 e. The van der Waals surface area contributed by atoms with Gasteiger partial charge in [0.2, 0.25) is 0 Å². The summed E-state index contributed by atoms with van der Waals surface area (Å²) in [6.07, 6.45) is 0.940. The van der Waals surface area contributed by atoms with Crippen LogP contribution in [0.2, 0.25) is 5.15 Å². The maximum atomic E-state index is 11.7. The van der Waals surface area contributed by atoms with Crippen LogP contribution in [0, 0.1) is 0 Å². The van der Waals surface area contributed by atoms with Crippen LogP contribution in [0.15, 0.2) is 18.2 Å². The molecule has 2 aromatic rings. The molecule has 0 saturated carbocycles. The lowest BCUT2D eigenvalue weighted by atomic mass is 10.1. The molecular weight excluding hydrogens is 234 g/mol. The van der Waals surface area contributed by atoms with Crippen molar-refractivity contribution in [1.82, 2.24) is 4.57 Å². The second-order valence-corrected chi connectivity index (χ2v) is 4.49.